The number of hydrogen-bond acceptors (Lipinski definition) is 4. The van der Waals surface area contributed by atoms with E-state index < -0.39 is 0 Å². The summed E-state index contributed by atoms with van der Waals surface area (Å²) >= 11 is 0. The Hall–Kier alpha value is -2.34. The van der Waals surface area contributed by atoms with Gasteiger partial charge < -0.3 is 10.1 Å². The van der Waals surface area contributed by atoms with E-state index in [1.54, 1.807) is 7.11 Å². The molecule has 27 heavy (non-hydrogen) atoms. The zero-order valence-electron chi connectivity index (χ0n) is 15.4. The van der Waals surface area contributed by atoms with Crippen LogP contribution in [0.25, 0.3) is 5.69 Å². The van der Waals surface area contributed by atoms with E-state index in [0.717, 1.165) is 43.3 Å². The van der Waals surface area contributed by atoms with Crippen LogP contribution >= 0.6 is 12.4 Å². The second-order valence-corrected chi connectivity index (χ2v) is 6.52. The van der Waals surface area contributed by atoms with Crippen molar-refractivity contribution in [2.75, 3.05) is 26.7 Å². The van der Waals surface area contributed by atoms with Crippen molar-refractivity contribution >= 4 is 12.4 Å². The average Bonchev–Trinajstić information content (AvgIpc) is 3.18. The van der Waals surface area contributed by atoms with Crippen LogP contribution in [-0.4, -0.2) is 41.4 Å². The van der Waals surface area contributed by atoms with Crippen molar-refractivity contribution in [3.63, 3.8) is 0 Å². The van der Waals surface area contributed by atoms with E-state index in [0.29, 0.717) is 0 Å². The number of benzene rings is 2. The van der Waals surface area contributed by atoms with Gasteiger partial charge in [-0.05, 0) is 24.3 Å². The number of methoxy groups -OCH3 is 1. The van der Waals surface area contributed by atoms with Crippen LogP contribution in [0, 0.1) is 0 Å². The fraction of sp³-hybridized carbons (Fsp3) is 0.286. The molecule has 0 aliphatic carbocycles. The Morgan fingerprint density at radius 2 is 1.85 bits per heavy atom. The predicted molar refractivity (Wildman–Crippen MR) is 110 cm³/mol. The second-order valence-electron chi connectivity index (χ2n) is 6.52. The van der Waals surface area contributed by atoms with Gasteiger partial charge >= 0.3 is 0 Å². The summed E-state index contributed by atoms with van der Waals surface area (Å²) in [7, 11) is 1.74. The largest absolute Gasteiger partial charge is 0.496 e. The van der Waals surface area contributed by atoms with Crippen molar-refractivity contribution in [2.45, 2.75) is 12.6 Å². The van der Waals surface area contributed by atoms with Crippen LogP contribution < -0.4 is 10.1 Å². The number of hydrogen-bond donors (Lipinski definition) is 1. The van der Waals surface area contributed by atoms with Gasteiger partial charge in [-0.2, -0.15) is 5.10 Å². The molecule has 0 amide bonds. The van der Waals surface area contributed by atoms with Gasteiger partial charge in [-0.1, -0.05) is 36.4 Å². The Morgan fingerprint density at radius 1 is 1.07 bits per heavy atom. The maximum atomic E-state index is 5.58. The maximum absolute atomic E-state index is 5.58. The third kappa shape index (κ3) is 4.33. The SMILES string of the molecule is COc1ccccc1C1CNCCN1Cc1ccn(-c2ccccc2)n1.Cl. The summed E-state index contributed by atoms with van der Waals surface area (Å²) in [5, 5.41) is 8.28. The van der Waals surface area contributed by atoms with Gasteiger partial charge in [-0.15, -0.1) is 12.4 Å². The number of halogens is 1. The fourth-order valence-corrected chi connectivity index (χ4v) is 3.56. The molecule has 2 heterocycles. The molecule has 142 valence electrons. The molecule has 1 saturated heterocycles. The number of piperazine rings is 1. The minimum Gasteiger partial charge on any atom is -0.496 e. The standard InChI is InChI=1S/C21H24N4O.ClH/c1-26-21-10-6-5-9-19(21)20-15-22-12-14-24(20)16-17-11-13-25(23-17)18-7-3-2-4-8-18;/h2-11,13,20,22H,12,14-16H2,1H3;1H. The summed E-state index contributed by atoms with van der Waals surface area (Å²) in [6, 6.07) is 20.9. The van der Waals surface area contributed by atoms with E-state index in [1.807, 2.05) is 41.2 Å². The average molecular weight is 385 g/mol. The molecule has 1 fully saturated rings. The third-order valence-corrected chi connectivity index (χ3v) is 4.88. The molecule has 1 aromatic heterocycles. The molecule has 1 N–H and O–H groups in total. The lowest BCUT2D eigenvalue weighted by molar-refractivity contribution is 0.149. The van der Waals surface area contributed by atoms with Gasteiger partial charge in [0.1, 0.15) is 5.75 Å². The second kappa shape index (κ2) is 9.04. The van der Waals surface area contributed by atoms with E-state index >= 15 is 0 Å². The summed E-state index contributed by atoms with van der Waals surface area (Å²) in [6.45, 7) is 3.72. The molecule has 2 aromatic carbocycles. The molecule has 1 aliphatic rings. The van der Waals surface area contributed by atoms with Gasteiger partial charge in [0, 0.05) is 37.9 Å². The highest BCUT2D eigenvalue weighted by Crippen LogP contribution is 2.31. The summed E-state index contributed by atoms with van der Waals surface area (Å²) in [6.07, 6.45) is 2.03. The van der Waals surface area contributed by atoms with Crippen LogP contribution in [0.2, 0.25) is 0 Å². The lowest BCUT2D eigenvalue weighted by atomic mass is 10.0. The molecule has 1 unspecified atom stereocenters. The first-order chi connectivity index (χ1) is 12.8. The van der Waals surface area contributed by atoms with Crippen LogP contribution in [0.15, 0.2) is 66.9 Å². The molecule has 0 spiro atoms. The number of aromatic nitrogens is 2. The maximum Gasteiger partial charge on any atom is 0.123 e. The van der Waals surface area contributed by atoms with Gasteiger partial charge in [0.2, 0.25) is 0 Å². The molecule has 6 heteroatoms. The Bertz CT molecular complexity index is 852. The Balaban J connectivity index is 0.00000210. The molecule has 0 bridgehead atoms. The molecule has 4 rings (SSSR count). The van der Waals surface area contributed by atoms with Crippen molar-refractivity contribution in [3.8, 4) is 11.4 Å². The van der Waals surface area contributed by atoms with Crippen LogP contribution in [-0.2, 0) is 6.54 Å². The monoisotopic (exact) mass is 384 g/mol. The van der Waals surface area contributed by atoms with Crippen molar-refractivity contribution in [3.05, 3.63) is 78.1 Å². The van der Waals surface area contributed by atoms with E-state index in [1.165, 1.54) is 5.56 Å². The normalized spacial score (nSPS) is 17.3. The minimum absolute atomic E-state index is 0. The Labute approximate surface area is 166 Å². The minimum atomic E-state index is 0. The van der Waals surface area contributed by atoms with Crippen molar-refractivity contribution < 1.29 is 4.74 Å². The fourth-order valence-electron chi connectivity index (χ4n) is 3.56. The highest BCUT2D eigenvalue weighted by Gasteiger charge is 2.26. The third-order valence-electron chi connectivity index (χ3n) is 4.88. The Kier molecular flexibility index (Phi) is 6.50. The molecule has 0 radical (unpaired) electrons. The first-order valence-electron chi connectivity index (χ1n) is 9.03. The quantitative estimate of drug-likeness (QED) is 0.731. The van der Waals surface area contributed by atoms with E-state index in [-0.39, 0.29) is 18.4 Å². The number of para-hydroxylation sites is 2. The van der Waals surface area contributed by atoms with Crippen molar-refractivity contribution in [1.82, 2.24) is 20.0 Å². The summed E-state index contributed by atoms with van der Waals surface area (Å²) in [5.74, 6) is 0.945. The van der Waals surface area contributed by atoms with Crippen LogP contribution in [0.1, 0.15) is 17.3 Å². The van der Waals surface area contributed by atoms with Gasteiger partial charge in [0.05, 0.1) is 24.5 Å². The molecule has 0 saturated carbocycles. The summed E-state index contributed by atoms with van der Waals surface area (Å²) in [4.78, 5) is 2.48. The molecule has 5 nitrogen and oxygen atoms in total. The molecular formula is C21H25ClN4O. The molecule has 3 aromatic rings. The first kappa shape index (κ1) is 19.4. The van der Waals surface area contributed by atoms with Crippen LogP contribution in [0.4, 0.5) is 0 Å². The summed E-state index contributed by atoms with van der Waals surface area (Å²) in [5.41, 5.74) is 3.39. The van der Waals surface area contributed by atoms with Crippen LogP contribution in [0.5, 0.6) is 5.75 Å². The highest BCUT2D eigenvalue weighted by atomic mass is 35.5. The number of ether oxygens (including phenoxy) is 1. The number of nitrogens with zero attached hydrogens (tertiary/aromatic N) is 3. The smallest absolute Gasteiger partial charge is 0.123 e. The van der Waals surface area contributed by atoms with E-state index in [4.69, 9.17) is 9.84 Å². The predicted octanol–water partition coefficient (Wildman–Crippen LogP) is 3.45. The van der Waals surface area contributed by atoms with Crippen molar-refractivity contribution in [1.29, 1.82) is 0 Å². The van der Waals surface area contributed by atoms with Crippen molar-refractivity contribution in [2.24, 2.45) is 0 Å². The molecule has 1 atom stereocenters. The van der Waals surface area contributed by atoms with Gasteiger partial charge in [-0.3, -0.25) is 4.90 Å². The Morgan fingerprint density at radius 3 is 2.67 bits per heavy atom. The van der Waals surface area contributed by atoms with Gasteiger partial charge in [0.15, 0.2) is 0 Å². The van der Waals surface area contributed by atoms with E-state index in [2.05, 4.69) is 40.5 Å². The number of nitrogens with one attached hydrogen (secondary N) is 1. The van der Waals surface area contributed by atoms with Gasteiger partial charge in [-0.25, -0.2) is 4.68 Å². The lowest BCUT2D eigenvalue weighted by Gasteiger charge is -2.36. The lowest BCUT2D eigenvalue weighted by Crippen LogP contribution is -2.45. The molecule has 1 aliphatic heterocycles. The molecular weight excluding hydrogens is 360 g/mol. The first-order valence-corrected chi connectivity index (χ1v) is 9.03. The van der Waals surface area contributed by atoms with Gasteiger partial charge in [0.25, 0.3) is 0 Å². The zero-order valence-corrected chi connectivity index (χ0v) is 16.2. The number of rotatable bonds is 5. The van der Waals surface area contributed by atoms with Crippen LogP contribution in [0.3, 0.4) is 0 Å². The zero-order chi connectivity index (χ0) is 17.8. The summed E-state index contributed by atoms with van der Waals surface area (Å²) < 4.78 is 7.52. The highest BCUT2D eigenvalue weighted by molar-refractivity contribution is 5.85. The van der Waals surface area contributed by atoms with E-state index in [9.17, 15) is 0 Å². The topological polar surface area (TPSA) is 42.3 Å².